The van der Waals surface area contributed by atoms with Gasteiger partial charge in [-0.1, -0.05) is 0 Å². The molecule has 24 heavy (non-hydrogen) atoms. The Bertz CT molecular complexity index is 813. The number of nitrogens with one attached hydrogen (secondary N) is 1. The molecule has 0 saturated carbocycles. The summed E-state index contributed by atoms with van der Waals surface area (Å²) in [5.41, 5.74) is 6.28. The predicted molar refractivity (Wildman–Crippen MR) is 97.0 cm³/mol. The molecule has 126 valence electrons. The zero-order chi connectivity index (χ0) is 17.3. The number of carbonyl (C=O) groups excluding carboxylic acids is 1. The number of benzene rings is 1. The van der Waals surface area contributed by atoms with Gasteiger partial charge in [-0.05, 0) is 47.6 Å². The first kappa shape index (κ1) is 16.7. The first-order valence-corrected chi connectivity index (χ1v) is 8.52. The van der Waals surface area contributed by atoms with Crippen LogP contribution in [0.1, 0.15) is 23.2 Å². The number of likely N-dealkylation sites (tertiary alicyclic amines) is 1. The van der Waals surface area contributed by atoms with E-state index in [2.05, 4.69) is 37.9 Å². The number of fused-ring (bicyclic) bond motifs is 1. The molecule has 1 atom stereocenters. The zero-order valence-electron chi connectivity index (χ0n) is 12.7. The largest absolute Gasteiger partial charge is 0.465 e. The lowest BCUT2D eigenvalue weighted by molar-refractivity contribution is 0.100. The van der Waals surface area contributed by atoms with Crippen LogP contribution in [0.25, 0.3) is 10.9 Å². The molecule has 4 N–H and O–H groups in total. The van der Waals surface area contributed by atoms with Crippen LogP contribution in [0.3, 0.4) is 0 Å². The molecule has 2 amide bonds. The Labute approximate surface area is 151 Å². The van der Waals surface area contributed by atoms with E-state index < -0.39 is 12.0 Å². The van der Waals surface area contributed by atoms with Crippen molar-refractivity contribution in [1.29, 1.82) is 0 Å². The van der Waals surface area contributed by atoms with Gasteiger partial charge in [0.05, 0.1) is 11.1 Å². The van der Waals surface area contributed by atoms with E-state index in [1.807, 2.05) is 6.07 Å². The van der Waals surface area contributed by atoms with Crippen LogP contribution in [-0.4, -0.2) is 51.1 Å². The normalized spacial score (nSPS) is 17.7. The van der Waals surface area contributed by atoms with Crippen LogP contribution >= 0.6 is 22.6 Å². The van der Waals surface area contributed by atoms with Crippen LogP contribution in [-0.2, 0) is 0 Å². The second kappa shape index (κ2) is 6.75. The predicted octanol–water partition coefficient (Wildman–Crippen LogP) is 1.89. The maximum absolute atomic E-state index is 11.7. The minimum Gasteiger partial charge on any atom is -0.465 e. The number of hydrogen-bond donors (Lipinski definition) is 3. The molecule has 1 aliphatic heterocycles. The van der Waals surface area contributed by atoms with Gasteiger partial charge in [0.25, 0.3) is 5.91 Å². The number of primary amides is 1. The lowest BCUT2D eigenvalue weighted by Crippen LogP contribution is -2.44. The summed E-state index contributed by atoms with van der Waals surface area (Å²) < 4.78 is 0.850. The van der Waals surface area contributed by atoms with Crippen molar-refractivity contribution in [2.24, 2.45) is 5.73 Å². The molecule has 0 spiro atoms. The minimum atomic E-state index is -0.917. The number of carboxylic acid groups (broad SMARTS) is 1. The van der Waals surface area contributed by atoms with Crippen molar-refractivity contribution in [1.82, 2.24) is 14.9 Å². The summed E-state index contributed by atoms with van der Waals surface area (Å²) in [5, 5.41) is 13.1. The summed E-state index contributed by atoms with van der Waals surface area (Å²) in [7, 11) is 0. The number of nitrogens with zero attached hydrogens (tertiary/aromatic N) is 3. The highest BCUT2D eigenvalue weighted by atomic mass is 127. The minimum absolute atomic E-state index is 0.0390. The third kappa shape index (κ3) is 3.35. The van der Waals surface area contributed by atoms with Crippen molar-refractivity contribution in [3.63, 3.8) is 0 Å². The fraction of sp³-hybridized carbons (Fsp3) is 0.333. The first-order chi connectivity index (χ1) is 11.5. The van der Waals surface area contributed by atoms with Crippen LogP contribution in [0.2, 0.25) is 0 Å². The molecule has 0 radical (unpaired) electrons. The molecule has 1 aliphatic rings. The smallest absolute Gasteiger partial charge is 0.407 e. The Kier molecular flexibility index (Phi) is 4.69. The molecule has 8 nitrogen and oxygen atoms in total. The Balaban J connectivity index is 1.95. The molecule has 1 fully saturated rings. The number of nitrogens with two attached hydrogens (primary N) is 1. The molecule has 2 aromatic rings. The van der Waals surface area contributed by atoms with Crippen LogP contribution in [0.15, 0.2) is 18.5 Å². The van der Waals surface area contributed by atoms with Crippen LogP contribution in [0.5, 0.6) is 0 Å². The van der Waals surface area contributed by atoms with Gasteiger partial charge in [0.2, 0.25) is 0 Å². The van der Waals surface area contributed by atoms with E-state index >= 15 is 0 Å². The maximum atomic E-state index is 11.7. The lowest BCUT2D eigenvalue weighted by Gasteiger charge is -2.31. The van der Waals surface area contributed by atoms with Gasteiger partial charge < -0.3 is 21.1 Å². The molecule has 1 aromatic carbocycles. The molecule has 0 aliphatic carbocycles. The van der Waals surface area contributed by atoms with E-state index in [1.54, 1.807) is 6.07 Å². The highest BCUT2D eigenvalue weighted by Gasteiger charge is 2.24. The van der Waals surface area contributed by atoms with E-state index in [1.165, 1.54) is 11.2 Å². The van der Waals surface area contributed by atoms with Gasteiger partial charge in [0.15, 0.2) is 0 Å². The van der Waals surface area contributed by atoms with Crippen LogP contribution < -0.4 is 11.1 Å². The van der Waals surface area contributed by atoms with Gasteiger partial charge in [0.1, 0.15) is 12.1 Å². The van der Waals surface area contributed by atoms with Crippen molar-refractivity contribution < 1.29 is 14.7 Å². The number of amides is 2. The number of hydrogen-bond acceptors (Lipinski definition) is 5. The Morgan fingerprint density at radius 1 is 1.38 bits per heavy atom. The molecule has 2 heterocycles. The van der Waals surface area contributed by atoms with Crippen molar-refractivity contribution in [2.45, 2.75) is 18.9 Å². The molecule has 0 bridgehead atoms. The van der Waals surface area contributed by atoms with E-state index in [9.17, 15) is 9.59 Å². The summed E-state index contributed by atoms with van der Waals surface area (Å²) in [6, 6.07) is 3.53. The molecule has 1 aromatic heterocycles. The fourth-order valence-corrected chi connectivity index (χ4v) is 3.52. The Morgan fingerprint density at radius 3 is 2.88 bits per heavy atom. The number of halogens is 1. The zero-order valence-corrected chi connectivity index (χ0v) is 14.9. The van der Waals surface area contributed by atoms with Crippen molar-refractivity contribution in [3.8, 4) is 0 Å². The monoisotopic (exact) mass is 441 g/mol. The maximum Gasteiger partial charge on any atom is 0.407 e. The fourth-order valence-electron chi connectivity index (χ4n) is 2.90. The molecular formula is C15H16IN5O3. The number of anilines is 1. The van der Waals surface area contributed by atoms with Gasteiger partial charge in [-0.15, -0.1) is 0 Å². The molecular weight excluding hydrogens is 425 g/mol. The summed E-state index contributed by atoms with van der Waals surface area (Å²) in [6.07, 6.45) is 2.10. The SMILES string of the molecule is NC(=O)c1cc(I)cc2c(N[C@H]3CCCN(C(=O)O)C3)ncnc12. The first-order valence-electron chi connectivity index (χ1n) is 7.44. The second-order valence-electron chi connectivity index (χ2n) is 5.65. The Morgan fingerprint density at radius 2 is 2.17 bits per heavy atom. The number of piperidine rings is 1. The van der Waals surface area contributed by atoms with Gasteiger partial charge in [-0.2, -0.15) is 0 Å². The number of carbonyl (C=O) groups is 2. The van der Waals surface area contributed by atoms with Crippen LogP contribution in [0, 0.1) is 3.57 Å². The molecule has 3 rings (SSSR count). The van der Waals surface area contributed by atoms with Crippen LogP contribution in [0.4, 0.5) is 10.6 Å². The summed E-state index contributed by atoms with van der Waals surface area (Å²) in [4.78, 5) is 32.6. The second-order valence-corrected chi connectivity index (χ2v) is 6.89. The highest BCUT2D eigenvalue weighted by Crippen LogP contribution is 2.26. The van der Waals surface area contributed by atoms with E-state index in [-0.39, 0.29) is 6.04 Å². The quantitative estimate of drug-likeness (QED) is 0.626. The summed E-state index contributed by atoms with van der Waals surface area (Å²) in [6.45, 7) is 0.940. The van der Waals surface area contributed by atoms with E-state index in [0.29, 0.717) is 35.4 Å². The van der Waals surface area contributed by atoms with Gasteiger partial charge in [0, 0.05) is 28.1 Å². The molecule has 1 saturated heterocycles. The van der Waals surface area contributed by atoms with Crippen molar-refractivity contribution >= 4 is 51.3 Å². The summed E-state index contributed by atoms with van der Waals surface area (Å²) in [5.74, 6) is 0.0381. The lowest BCUT2D eigenvalue weighted by atomic mass is 10.1. The average Bonchev–Trinajstić information content (AvgIpc) is 2.55. The average molecular weight is 441 g/mol. The summed E-state index contributed by atoms with van der Waals surface area (Å²) >= 11 is 2.11. The highest BCUT2D eigenvalue weighted by molar-refractivity contribution is 14.1. The molecule has 9 heteroatoms. The Hall–Kier alpha value is -2.17. The van der Waals surface area contributed by atoms with Gasteiger partial charge in [-0.3, -0.25) is 4.79 Å². The van der Waals surface area contributed by atoms with Gasteiger partial charge >= 0.3 is 6.09 Å². The van der Waals surface area contributed by atoms with E-state index in [4.69, 9.17) is 10.8 Å². The number of rotatable bonds is 3. The molecule has 0 unspecified atom stereocenters. The van der Waals surface area contributed by atoms with Crippen molar-refractivity contribution in [3.05, 3.63) is 27.6 Å². The third-order valence-electron chi connectivity index (χ3n) is 4.00. The van der Waals surface area contributed by atoms with Gasteiger partial charge in [-0.25, -0.2) is 14.8 Å². The topological polar surface area (TPSA) is 121 Å². The van der Waals surface area contributed by atoms with E-state index in [0.717, 1.165) is 16.4 Å². The standard InChI is InChI=1S/C15H16IN5O3/c16-8-4-10(13(17)22)12-11(5-8)14(19-7-18-12)20-9-2-1-3-21(6-9)15(23)24/h4-5,7,9H,1-3,6H2,(H2,17,22)(H,23,24)(H,18,19,20)/t9-/m0/s1. The number of aromatic nitrogens is 2. The third-order valence-corrected chi connectivity index (χ3v) is 4.62. The van der Waals surface area contributed by atoms with Crippen molar-refractivity contribution in [2.75, 3.05) is 18.4 Å².